The Kier molecular flexibility index (Phi) is 3.12. The molecule has 0 unspecified atom stereocenters. The highest BCUT2D eigenvalue weighted by Gasteiger charge is 2.11. The summed E-state index contributed by atoms with van der Waals surface area (Å²) in [6.07, 6.45) is 2.97. The van der Waals surface area contributed by atoms with E-state index >= 15 is 0 Å². The number of hydrogen-bond donors (Lipinski definition) is 2. The number of nitrogens with zero attached hydrogens (tertiary/aromatic N) is 2. The number of benzene rings is 1. The molecule has 0 saturated carbocycles. The van der Waals surface area contributed by atoms with Crippen LogP contribution in [0.25, 0.3) is 11.3 Å². The van der Waals surface area contributed by atoms with Crippen LogP contribution in [-0.4, -0.2) is 9.97 Å². The van der Waals surface area contributed by atoms with E-state index in [-0.39, 0.29) is 5.82 Å². The Morgan fingerprint density at radius 2 is 2.00 bits per heavy atom. The van der Waals surface area contributed by atoms with Gasteiger partial charge in [-0.1, -0.05) is 15.9 Å². The molecular formula is C10H8BrFN4. The Labute approximate surface area is 99.8 Å². The van der Waals surface area contributed by atoms with Gasteiger partial charge in [0.05, 0.1) is 0 Å². The SMILES string of the molecule is NNc1nccnc1-c1ccc(Br)cc1F. The van der Waals surface area contributed by atoms with Crippen molar-refractivity contribution >= 4 is 21.7 Å². The summed E-state index contributed by atoms with van der Waals surface area (Å²) in [5, 5.41) is 0. The smallest absolute Gasteiger partial charge is 0.166 e. The summed E-state index contributed by atoms with van der Waals surface area (Å²) in [5.74, 6) is 5.24. The average Bonchev–Trinajstić information content (AvgIpc) is 2.29. The molecule has 0 aliphatic rings. The van der Waals surface area contributed by atoms with E-state index in [1.165, 1.54) is 18.5 Å². The van der Waals surface area contributed by atoms with Crippen LogP contribution in [-0.2, 0) is 0 Å². The molecule has 0 saturated heterocycles. The van der Waals surface area contributed by atoms with Crippen LogP contribution in [0.2, 0.25) is 0 Å². The zero-order valence-electron chi connectivity index (χ0n) is 8.11. The van der Waals surface area contributed by atoms with Gasteiger partial charge < -0.3 is 5.43 Å². The van der Waals surface area contributed by atoms with Gasteiger partial charge in [-0.05, 0) is 18.2 Å². The van der Waals surface area contributed by atoms with E-state index in [9.17, 15) is 4.39 Å². The van der Waals surface area contributed by atoms with E-state index in [2.05, 4.69) is 31.3 Å². The van der Waals surface area contributed by atoms with Gasteiger partial charge in [-0.15, -0.1) is 0 Å². The minimum atomic E-state index is -0.383. The number of nitrogens with one attached hydrogen (secondary N) is 1. The Balaban J connectivity index is 2.58. The molecule has 1 aromatic heterocycles. The van der Waals surface area contributed by atoms with Gasteiger partial charge in [0.2, 0.25) is 0 Å². The Bertz CT molecular complexity index is 518. The maximum atomic E-state index is 13.7. The number of anilines is 1. The number of hydrogen-bond acceptors (Lipinski definition) is 4. The molecule has 0 aliphatic carbocycles. The lowest BCUT2D eigenvalue weighted by Gasteiger charge is -2.07. The second-order valence-corrected chi connectivity index (χ2v) is 3.94. The van der Waals surface area contributed by atoms with Crippen molar-refractivity contribution in [2.24, 2.45) is 5.84 Å². The standard InChI is InChI=1S/C10H8BrFN4/c11-6-1-2-7(8(12)5-6)9-10(16-13)15-4-3-14-9/h1-5H,13H2,(H,15,16). The third-order valence-electron chi connectivity index (χ3n) is 2.02. The van der Waals surface area contributed by atoms with Crippen molar-refractivity contribution in [3.63, 3.8) is 0 Å². The van der Waals surface area contributed by atoms with Crippen molar-refractivity contribution in [1.29, 1.82) is 0 Å². The lowest BCUT2D eigenvalue weighted by atomic mass is 10.1. The molecule has 0 bridgehead atoms. The summed E-state index contributed by atoms with van der Waals surface area (Å²) >= 11 is 3.19. The summed E-state index contributed by atoms with van der Waals surface area (Å²) in [4.78, 5) is 8.01. The summed E-state index contributed by atoms with van der Waals surface area (Å²) in [5.41, 5.74) is 3.12. The summed E-state index contributed by atoms with van der Waals surface area (Å²) < 4.78 is 14.4. The minimum absolute atomic E-state index is 0.337. The van der Waals surface area contributed by atoms with Crippen LogP contribution in [0.3, 0.4) is 0 Å². The van der Waals surface area contributed by atoms with Gasteiger partial charge >= 0.3 is 0 Å². The van der Waals surface area contributed by atoms with Gasteiger partial charge in [-0.25, -0.2) is 15.2 Å². The van der Waals surface area contributed by atoms with Gasteiger partial charge in [-0.2, -0.15) is 0 Å². The van der Waals surface area contributed by atoms with Crippen molar-refractivity contribution in [2.75, 3.05) is 5.43 Å². The molecule has 4 nitrogen and oxygen atoms in total. The van der Waals surface area contributed by atoms with Crippen molar-refractivity contribution in [3.05, 3.63) is 40.9 Å². The number of nitrogen functional groups attached to an aromatic ring is 1. The second-order valence-electron chi connectivity index (χ2n) is 3.02. The quantitative estimate of drug-likeness (QED) is 0.656. The van der Waals surface area contributed by atoms with Crippen LogP contribution in [0.1, 0.15) is 0 Å². The van der Waals surface area contributed by atoms with Crippen LogP contribution >= 0.6 is 15.9 Å². The van der Waals surface area contributed by atoms with Crippen LogP contribution < -0.4 is 11.3 Å². The zero-order chi connectivity index (χ0) is 11.5. The number of aromatic nitrogens is 2. The molecule has 1 aromatic carbocycles. The number of rotatable bonds is 2. The summed E-state index contributed by atoms with van der Waals surface area (Å²) in [6.45, 7) is 0. The van der Waals surface area contributed by atoms with Crippen molar-refractivity contribution in [1.82, 2.24) is 9.97 Å². The van der Waals surface area contributed by atoms with E-state index in [0.29, 0.717) is 21.5 Å². The predicted octanol–water partition coefficient (Wildman–Crippen LogP) is 2.33. The predicted molar refractivity (Wildman–Crippen MR) is 62.9 cm³/mol. The van der Waals surface area contributed by atoms with E-state index in [1.54, 1.807) is 12.1 Å². The number of halogens is 2. The number of nitrogens with two attached hydrogens (primary N) is 1. The van der Waals surface area contributed by atoms with Gasteiger partial charge in [0.1, 0.15) is 11.5 Å². The first-order chi connectivity index (χ1) is 7.72. The topological polar surface area (TPSA) is 63.8 Å². The van der Waals surface area contributed by atoms with Crippen LogP contribution in [0.5, 0.6) is 0 Å². The fourth-order valence-electron chi connectivity index (χ4n) is 1.32. The molecule has 0 atom stereocenters. The average molecular weight is 283 g/mol. The first kappa shape index (κ1) is 11.0. The van der Waals surface area contributed by atoms with Gasteiger partial charge in [0, 0.05) is 22.4 Å². The van der Waals surface area contributed by atoms with Gasteiger partial charge in [0.15, 0.2) is 5.82 Å². The van der Waals surface area contributed by atoms with Crippen LogP contribution in [0.15, 0.2) is 35.1 Å². The van der Waals surface area contributed by atoms with Crippen molar-refractivity contribution in [3.8, 4) is 11.3 Å². The Morgan fingerprint density at radius 1 is 1.25 bits per heavy atom. The molecule has 1 heterocycles. The molecule has 2 aromatic rings. The normalized spacial score (nSPS) is 10.2. The maximum Gasteiger partial charge on any atom is 0.166 e. The summed E-state index contributed by atoms with van der Waals surface area (Å²) in [7, 11) is 0. The van der Waals surface area contributed by atoms with E-state index in [4.69, 9.17) is 5.84 Å². The molecule has 6 heteroatoms. The minimum Gasteiger partial charge on any atom is -0.307 e. The zero-order valence-corrected chi connectivity index (χ0v) is 9.70. The van der Waals surface area contributed by atoms with Crippen LogP contribution in [0.4, 0.5) is 10.2 Å². The first-order valence-corrected chi connectivity index (χ1v) is 5.24. The van der Waals surface area contributed by atoms with E-state index in [0.717, 1.165) is 0 Å². The molecule has 0 amide bonds. The molecule has 0 aliphatic heterocycles. The molecule has 0 fully saturated rings. The molecule has 0 radical (unpaired) electrons. The van der Waals surface area contributed by atoms with Crippen LogP contribution in [0, 0.1) is 5.82 Å². The Hall–Kier alpha value is -1.53. The largest absolute Gasteiger partial charge is 0.307 e. The molecule has 2 rings (SSSR count). The van der Waals surface area contributed by atoms with E-state index in [1.807, 2.05) is 0 Å². The molecule has 0 spiro atoms. The lowest BCUT2D eigenvalue weighted by molar-refractivity contribution is 0.630. The third kappa shape index (κ3) is 2.02. The fourth-order valence-corrected chi connectivity index (χ4v) is 1.66. The number of hydrazine groups is 1. The Morgan fingerprint density at radius 3 is 2.69 bits per heavy atom. The molecule has 3 N–H and O–H groups in total. The summed E-state index contributed by atoms with van der Waals surface area (Å²) in [6, 6.07) is 4.71. The maximum absolute atomic E-state index is 13.7. The van der Waals surface area contributed by atoms with Crippen molar-refractivity contribution in [2.45, 2.75) is 0 Å². The van der Waals surface area contributed by atoms with E-state index < -0.39 is 0 Å². The second kappa shape index (κ2) is 4.54. The highest BCUT2D eigenvalue weighted by atomic mass is 79.9. The molecule has 16 heavy (non-hydrogen) atoms. The first-order valence-electron chi connectivity index (χ1n) is 4.45. The highest BCUT2D eigenvalue weighted by Crippen LogP contribution is 2.27. The third-order valence-corrected chi connectivity index (χ3v) is 2.51. The van der Waals surface area contributed by atoms with Crippen molar-refractivity contribution < 1.29 is 4.39 Å². The van der Waals surface area contributed by atoms with Gasteiger partial charge in [-0.3, -0.25) is 4.98 Å². The van der Waals surface area contributed by atoms with Gasteiger partial charge in [0.25, 0.3) is 0 Å². The molecular weight excluding hydrogens is 275 g/mol. The highest BCUT2D eigenvalue weighted by molar-refractivity contribution is 9.10. The molecule has 82 valence electrons. The lowest BCUT2D eigenvalue weighted by Crippen LogP contribution is -2.10. The fraction of sp³-hybridized carbons (Fsp3) is 0. The monoisotopic (exact) mass is 282 g/mol.